The van der Waals surface area contributed by atoms with E-state index in [0.717, 1.165) is 21.5 Å². The van der Waals surface area contributed by atoms with Crippen LogP contribution >= 0.6 is 22.6 Å². The molecule has 0 spiro atoms. The summed E-state index contributed by atoms with van der Waals surface area (Å²) in [4.78, 5) is 14.7. The van der Waals surface area contributed by atoms with Crippen LogP contribution < -0.4 is 0 Å². The lowest BCUT2D eigenvalue weighted by molar-refractivity contribution is -0.0127. The van der Waals surface area contributed by atoms with Gasteiger partial charge in [-0.25, -0.2) is 4.79 Å². The number of carbonyl (C=O) groups excluding carboxylic acids is 1. The molecule has 0 aromatic heterocycles. The van der Waals surface area contributed by atoms with Crippen LogP contribution in [0.25, 0.3) is 0 Å². The summed E-state index contributed by atoms with van der Waals surface area (Å²) >= 11 is 2.32. The van der Waals surface area contributed by atoms with Crippen molar-refractivity contribution in [3.63, 3.8) is 0 Å². The molecule has 4 rings (SSSR count). The van der Waals surface area contributed by atoms with Gasteiger partial charge in [0.25, 0.3) is 0 Å². The number of methoxy groups -OCH3 is 1. The third-order valence-electron chi connectivity index (χ3n) is 6.18. The molecule has 3 fully saturated rings. The van der Waals surface area contributed by atoms with Gasteiger partial charge in [-0.1, -0.05) is 24.6 Å². The molecular weight excluding hydrogens is 417 g/mol. The molecular formula is C19H24INO3. The van der Waals surface area contributed by atoms with Gasteiger partial charge in [0.05, 0.1) is 6.04 Å². The first-order valence-corrected chi connectivity index (χ1v) is 9.94. The molecule has 1 amide bonds. The number of fused-ring (bicyclic) bond motifs is 2. The first-order valence-electron chi connectivity index (χ1n) is 8.86. The number of halogens is 1. The molecule has 1 aromatic carbocycles. The minimum absolute atomic E-state index is 0.0443. The van der Waals surface area contributed by atoms with Crippen molar-refractivity contribution in [1.29, 1.82) is 0 Å². The number of benzene rings is 1. The standard InChI is InChI=1S/C19H24INO3/c1-11-17(18(23-2)14-5-3-4-6-15(14)20)24-19(22)21(11)16-10-12-7-8-13(16)9-12/h3-6,11-13,16-18H,7-10H2,1-2H3/t11?,12?,13?,16?,17-,18-/m0/s1. The fourth-order valence-corrected chi connectivity index (χ4v) is 5.74. The second kappa shape index (κ2) is 6.48. The van der Waals surface area contributed by atoms with Crippen LogP contribution in [-0.2, 0) is 9.47 Å². The zero-order valence-corrected chi connectivity index (χ0v) is 16.3. The van der Waals surface area contributed by atoms with Gasteiger partial charge >= 0.3 is 6.09 Å². The Morgan fingerprint density at radius 3 is 2.71 bits per heavy atom. The Bertz CT molecular complexity index is 637. The summed E-state index contributed by atoms with van der Waals surface area (Å²) < 4.78 is 12.8. The van der Waals surface area contributed by atoms with Crippen LogP contribution in [0.4, 0.5) is 4.79 Å². The molecule has 6 atom stereocenters. The predicted octanol–water partition coefficient (Wildman–Crippen LogP) is 4.38. The molecule has 1 aliphatic heterocycles. The lowest BCUT2D eigenvalue weighted by Crippen LogP contribution is -2.46. The van der Waals surface area contributed by atoms with Crippen LogP contribution in [0.1, 0.15) is 44.3 Å². The first-order chi connectivity index (χ1) is 11.6. The molecule has 1 aromatic rings. The number of hydrogen-bond donors (Lipinski definition) is 0. The maximum absolute atomic E-state index is 12.6. The van der Waals surface area contributed by atoms with Crippen LogP contribution in [0, 0.1) is 15.4 Å². The molecule has 24 heavy (non-hydrogen) atoms. The molecule has 5 heteroatoms. The van der Waals surface area contributed by atoms with Crippen LogP contribution in [0.5, 0.6) is 0 Å². The molecule has 1 heterocycles. The highest BCUT2D eigenvalue weighted by atomic mass is 127. The second-order valence-corrected chi connectivity index (χ2v) is 8.58. The topological polar surface area (TPSA) is 38.8 Å². The summed E-state index contributed by atoms with van der Waals surface area (Å²) in [5.74, 6) is 1.48. The second-order valence-electron chi connectivity index (χ2n) is 7.42. The van der Waals surface area contributed by atoms with Gasteiger partial charge in [-0.2, -0.15) is 0 Å². The van der Waals surface area contributed by atoms with E-state index in [1.807, 2.05) is 17.0 Å². The van der Waals surface area contributed by atoms with Crippen molar-refractivity contribution in [3.05, 3.63) is 33.4 Å². The van der Waals surface area contributed by atoms with E-state index in [1.165, 1.54) is 19.3 Å². The fourth-order valence-electron chi connectivity index (χ4n) is 5.05. The summed E-state index contributed by atoms with van der Waals surface area (Å²) in [6.07, 6.45) is 4.41. The quantitative estimate of drug-likeness (QED) is 0.652. The molecule has 4 unspecified atom stereocenters. The van der Waals surface area contributed by atoms with Crippen LogP contribution in [0.2, 0.25) is 0 Å². The maximum atomic E-state index is 12.6. The van der Waals surface area contributed by atoms with E-state index in [2.05, 4.69) is 41.6 Å². The first kappa shape index (κ1) is 16.6. The fraction of sp³-hybridized carbons (Fsp3) is 0.632. The predicted molar refractivity (Wildman–Crippen MR) is 99.7 cm³/mol. The van der Waals surface area contributed by atoms with Crippen molar-refractivity contribution < 1.29 is 14.3 Å². The SMILES string of the molecule is CO[C@@H](c1ccccc1I)[C@H]1OC(=O)N(C2CC3CCC2C3)C1C. The summed E-state index contributed by atoms with van der Waals surface area (Å²) in [6.45, 7) is 2.11. The van der Waals surface area contributed by atoms with Crippen LogP contribution in [-0.4, -0.2) is 36.3 Å². The third-order valence-corrected chi connectivity index (χ3v) is 7.17. The van der Waals surface area contributed by atoms with Gasteiger partial charge in [-0.05, 0) is 72.2 Å². The summed E-state index contributed by atoms with van der Waals surface area (Å²) in [7, 11) is 1.70. The molecule has 130 valence electrons. The summed E-state index contributed by atoms with van der Waals surface area (Å²) in [6, 6.07) is 8.57. The number of ether oxygens (including phenoxy) is 2. The lowest BCUT2D eigenvalue weighted by Gasteiger charge is -2.34. The van der Waals surface area contributed by atoms with Crippen molar-refractivity contribution in [2.75, 3.05) is 7.11 Å². The van der Waals surface area contributed by atoms with Crippen LogP contribution in [0.3, 0.4) is 0 Å². The maximum Gasteiger partial charge on any atom is 0.410 e. The molecule has 3 aliphatic rings. The normalized spacial score (nSPS) is 36.2. The Morgan fingerprint density at radius 2 is 2.08 bits per heavy atom. The molecule has 1 saturated heterocycles. The highest BCUT2D eigenvalue weighted by Gasteiger charge is 2.52. The Labute approximate surface area is 157 Å². The lowest BCUT2D eigenvalue weighted by atomic mass is 9.92. The summed E-state index contributed by atoms with van der Waals surface area (Å²) in [5.41, 5.74) is 1.10. The number of rotatable bonds is 4. The summed E-state index contributed by atoms with van der Waals surface area (Å²) in [5, 5.41) is 0. The van der Waals surface area contributed by atoms with Gasteiger partial charge in [0, 0.05) is 16.7 Å². The van der Waals surface area contributed by atoms with E-state index in [-0.39, 0.29) is 24.3 Å². The molecule has 2 bridgehead atoms. The van der Waals surface area contributed by atoms with Gasteiger partial charge < -0.3 is 9.47 Å². The van der Waals surface area contributed by atoms with E-state index in [9.17, 15) is 4.79 Å². The Kier molecular flexibility index (Phi) is 4.49. The number of hydrogen-bond acceptors (Lipinski definition) is 3. The van der Waals surface area contributed by atoms with E-state index < -0.39 is 0 Å². The van der Waals surface area contributed by atoms with E-state index in [4.69, 9.17) is 9.47 Å². The van der Waals surface area contributed by atoms with Crippen molar-refractivity contribution in [2.24, 2.45) is 11.8 Å². The van der Waals surface area contributed by atoms with E-state index in [0.29, 0.717) is 12.0 Å². The third kappa shape index (κ3) is 2.64. The van der Waals surface area contributed by atoms with Crippen LogP contribution in [0.15, 0.2) is 24.3 Å². The van der Waals surface area contributed by atoms with Gasteiger partial charge in [-0.15, -0.1) is 0 Å². The molecule has 4 nitrogen and oxygen atoms in total. The number of carbonyl (C=O) groups is 1. The van der Waals surface area contributed by atoms with Gasteiger partial charge in [-0.3, -0.25) is 4.90 Å². The average Bonchev–Trinajstić information content (AvgIpc) is 3.25. The smallest absolute Gasteiger partial charge is 0.410 e. The number of cyclic esters (lactones) is 1. The Hall–Kier alpha value is -0.820. The number of amides is 1. The zero-order valence-electron chi connectivity index (χ0n) is 14.2. The largest absolute Gasteiger partial charge is 0.441 e. The number of nitrogens with zero attached hydrogens (tertiary/aromatic N) is 1. The zero-order chi connectivity index (χ0) is 16.8. The highest BCUT2D eigenvalue weighted by molar-refractivity contribution is 14.1. The van der Waals surface area contributed by atoms with Gasteiger partial charge in [0.2, 0.25) is 0 Å². The molecule has 0 radical (unpaired) electrons. The average molecular weight is 441 g/mol. The van der Waals surface area contributed by atoms with Crippen molar-refractivity contribution in [3.8, 4) is 0 Å². The van der Waals surface area contributed by atoms with Gasteiger partial charge in [0.15, 0.2) is 6.10 Å². The van der Waals surface area contributed by atoms with E-state index >= 15 is 0 Å². The Morgan fingerprint density at radius 1 is 1.29 bits per heavy atom. The van der Waals surface area contributed by atoms with Crippen molar-refractivity contribution in [1.82, 2.24) is 4.90 Å². The van der Waals surface area contributed by atoms with Crippen molar-refractivity contribution in [2.45, 2.75) is 56.9 Å². The van der Waals surface area contributed by atoms with E-state index in [1.54, 1.807) is 7.11 Å². The Balaban J connectivity index is 1.58. The molecule has 0 N–H and O–H groups in total. The molecule has 2 aliphatic carbocycles. The molecule has 2 saturated carbocycles. The van der Waals surface area contributed by atoms with Crippen molar-refractivity contribution >= 4 is 28.7 Å². The minimum atomic E-state index is -0.252. The monoisotopic (exact) mass is 441 g/mol. The highest BCUT2D eigenvalue weighted by Crippen LogP contribution is 2.49. The minimum Gasteiger partial charge on any atom is -0.441 e. The van der Waals surface area contributed by atoms with Gasteiger partial charge in [0.1, 0.15) is 6.10 Å².